The average molecular weight is 235 g/mol. The zero-order valence-electron chi connectivity index (χ0n) is 10.9. The van der Waals surface area contributed by atoms with Crippen LogP contribution in [-0.2, 0) is 11.2 Å². The second-order valence-electron chi connectivity index (χ2n) is 4.58. The van der Waals surface area contributed by atoms with Gasteiger partial charge in [-0.3, -0.25) is 0 Å². The molecule has 94 valence electrons. The molecule has 0 amide bonds. The van der Waals surface area contributed by atoms with Gasteiger partial charge in [-0.05, 0) is 36.6 Å². The van der Waals surface area contributed by atoms with Crippen molar-refractivity contribution in [3.8, 4) is 5.75 Å². The average Bonchev–Trinajstić information content (AvgIpc) is 2.37. The van der Waals surface area contributed by atoms with Crippen LogP contribution < -0.4 is 10.1 Å². The number of nitrogens with one attached hydrogen (secondary N) is 1. The first kappa shape index (κ1) is 12.4. The van der Waals surface area contributed by atoms with Gasteiger partial charge in [0, 0.05) is 19.5 Å². The van der Waals surface area contributed by atoms with E-state index in [9.17, 15) is 0 Å². The van der Waals surface area contributed by atoms with E-state index in [-0.39, 0.29) is 0 Å². The quantitative estimate of drug-likeness (QED) is 0.867. The van der Waals surface area contributed by atoms with Gasteiger partial charge in [-0.15, -0.1) is 0 Å². The summed E-state index contributed by atoms with van der Waals surface area (Å²) in [4.78, 5) is 0. The fraction of sp³-hybridized carbons (Fsp3) is 0.571. The van der Waals surface area contributed by atoms with E-state index >= 15 is 0 Å². The molecule has 1 heterocycles. The van der Waals surface area contributed by atoms with Crippen molar-refractivity contribution in [3.05, 3.63) is 28.8 Å². The fourth-order valence-electron chi connectivity index (χ4n) is 2.29. The number of hydrogen-bond acceptors (Lipinski definition) is 3. The largest absolute Gasteiger partial charge is 0.496 e. The van der Waals surface area contributed by atoms with Gasteiger partial charge in [0.25, 0.3) is 0 Å². The maximum Gasteiger partial charge on any atom is 0.122 e. The van der Waals surface area contributed by atoms with Gasteiger partial charge >= 0.3 is 0 Å². The van der Waals surface area contributed by atoms with Gasteiger partial charge in [0.2, 0.25) is 0 Å². The molecule has 0 aromatic heterocycles. The van der Waals surface area contributed by atoms with E-state index in [2.05, 4.69) is 25.2 Å². The highest BCUT2D eigenvalue weighted by Crippen LogP contribution is 2.25. The summed E-state index contributed by atoms with van der Waals surface area (Å²) in [6.07, 6.45) is 1.28. The van der Waals surface area contributed by atoms with Crippen molar-refractivity contribution in [2.75, 3.05) is 26.8 Å². The lowest BCUT2D eigenvalue weighted by molar-refractivity contribution is 0.0291. The molecule has 1 N–H and O–H groups in total. The Balaban J connectivity index is 2.12. The minimum absolute atomic E-state index is 0.301. The minimum atomic E-state index is 0.301. The molecule has 1 unspecified atom stereocenters. The second-order valence-corrected chi connectivity index (χ2v) is 4.58. The maximum absolute atomic E-state index is 5.74. The van der Waals surface area contributed by atoms with E-state index < -0.39 is 0 Å². The van der Waals surface area contributed by atoms with Crippen LogP contribution in [-0.4, -0.2) is 32.9 Å². The normalized spacial score (nSPS) is 20.3. The van der Waals surface area contributed by atoms with E-state index in [1.807, 2.05) is 6.07 Å². The lowest BCUT2D eigenvalue weighted by Crippen LogP contribution is -2.39. The summed E-state index contributed by atoms with van der Waals surface area (Å²) in [7, 11) is 1.72. The van der Waals surface area contributed by atoms with Crippen LogP contribution in [0.4, 0.5) is 0 Å². The minimum Gasteiger partial charge on any atom is -0.496 e. The number of methoxy groups -OCH3 is 1. The standard InChI is InChI=1S/C14H21NO2/c1-10-11(2)14(16-3)5-4-12(10)8-13-9-15-6-7-17-13/h4-5,13,15H,6-9H2,1-3H3. The number of morpholine rings is 1. The Morgan fingerprint density at radius 2 is 2.18 bits per heavy atom. The lowest BCUT2D eigenvalue weighted by atomic mass is 9.97. The van der Waals surface area contributed by atoms with Crippen LogP contribution in [0.1, 0.15) is 16.7 Å². The zero-order chi connectivity index (χ0) is 12.3. The van der Waals surface area contributed by atoms with Gasteiger partial charge in [-0.1, -0.05) is 6.07 Å². The zero-order valence-corrected chi connectivity index (χ0v) is 10.9. The number of hydrogen-bond donors (Lipinski definition) is 1. The first-order chi connectivity index (χ1) is 8.22. The molecule has 1 aliphatic rings. The fourth-order valence-corrected chi connectivity index (χ4v) is 2.29. The number of benzene rings is 1. The molecule has 0 radical (unpaired) electrons. The third kappa shape index (κ3) is 2.79. The Kier molecular flexibility index (Phi) is 4.02. The van der Waals surface area contributed by atoms with Gasteiger partial charge in [0.15, 0.2) is 0 Å². The number of ether oxygens (including phenoxy) is 2. The van der Waals surface area contributed by atoms with Crippen LogP contribution in [0, 0.1) is 13.8 Å². The molecule has 3 heteroatoms. The molecule has 1 saturated heterocycles. The van der Waals surface area contributed by atoms with Crippen molar-refractivity contribution in [3.63, 3.8) is 0 Å². The van der Waals surface area contributed by atoms with Crippen LogP contribution in [0.15, 0.2) is 12.1 Å². The van der Waals surface area contributed by atoms with Gasteiger partial charge in [-0.2, -0.15) is 0 Å². The van der Waals surface area contributed by atoms with Crippen LogP contribution >= 0.6 is 0 Å². The highest BCUT2D eigenvalue weighted by molar-refractivity contribution is 5.43. The first-order valence-corrected chi connectivity index (χ1v) is 6.17. The van der Waals surface area contributed by atoms with Crippen molar-refractivity contribution in [1.29, 1.82) is 0 Å². The molecule has 2 rings (SSSR count). The summed E-state index contributed by atoms with van der Waals surface area (Å²) < 4.78 is 11.1. The van der Waals surface area contributed by atoms with Crippen LogP contribution in [0.3, 0.4) is 0 Å². The molecule has 1 aliphatic heterocycles. The van der Waals surface area contributed by atoms with Crippen molar-refractivity contribution in [2.45, 2.75) is 26.4 Å². The Hall–Kier alpha value is -1.06. The highest BCUT2D eigenvalue weighted by atomic mass is 16.5. The molecule has 1 aromatic rings. The molecule has 0 saturated carbocycles. The molecule has 0 spiro atoms. The topological polar surface area (TPSA) is 30.5 Å². The van der Waals surface area contributed by atoms with Gasteiger partial charge in [-0.25, -0.2) is 0 Å². The van der Waals surface area contributed by atoms with E-state index in [0.717, 1.165) is 31.9 Å². The summed E-state index contributed by atoms with van der Waals surface area (Å²) in [5.74, 6) is 0.967. The second kappa shape index (κ2) is 5.52. The number of rotatable bonds is 3. The van der Waals surface area contributed by atoms with Crippen molar-refractivity contribution < 1.29 is 9.47 Å². The van der Waals surface area contributed by atoms with Crippen LogP contribution in [0.5, 0.6) is 5.75 Å². The molecule has 3 nitrogen and oxygen atoms in total. The first-order valence-electron chi connectivity index (χ1n) is 6.17. The molecule has 1 atom stereocenters. The van der Waals surface area contributed by atoms with Crippen molar-refractivity contribution >= 4 is 0 Å². The van der Waals surface area contributed by atoms with Crippen molar-refractivity contribution in [1.82, 2.24) is 5.32 Å². The molecule has 17 heavy (non-hydrogen) atoms. The molecule has 1 aromatic carbocycles. The Bertz CT molecular complexity index is 384. The van der Waals surface area contributed by atoms with E-state index in [1.165, 1.54) is 16.7 Å². The monoisotopic (exact) mass is 235 g/mol. The molecule has 0 bridgehead atoms. The smallest absolute Gasteiger partial charge is 0.122 e. The third-order valence-electron chi connectivity index (χ3n) is 3.52. The Labute approximate surface area is 103 Å². The molecule has 0 aliphatic carbocycles. The van der Waals surface area contributed by atoms with E-state index in [0.29, 0.717) is 6.10 Å². The van der Waals surface area contributed by atoms with E-state index in [1.54, 1.807) is 7.11 Å². The SMILES string of the molecule is COc1ccc(CC2CNCCO2)c(C)c1C. The van der Waals surface area contributed by atoms with Crippen LogP contribution in [0.25, 0.3) is 0 Å². The predicted molar refractivity (Wildman–Crippen MR) is 68.8 cm³/mol. The maximum atomic E-state index is 5.74. The van der Waals surface area contributed by atoms with E-state index in [4.69, 9.17) is 9.47 Å². The molecule has 1 fully saturated rings. The third-order valence-corrected chi connectivity index (χ3v) is 3.52. The molecular formula is C14H21NO2. The summed E-state index contributed by atoms with van der Waals surface area (Å²) >= 11 is 0. The Morgan fingerprint density at radius 3 is 2.82 bits per heavy atom. The lowest BCUT2D eigenvalue weighted by Gasteiger charge is -2.24. The van der Waals surface area contributed by atoms with Crippen LogP contribution in [0.2, 0.25) is 0 Å². The molecular weight excluding hydrogens is 214 g/mol. The highest BCUT2D eigenvalue weighted by Gasteiger charge is 2.16. The van der Waals surface area contributed by atoms with Gasteiger partial charge in [0.1, 0.15) is 5.75 Å². The van der Waals surface area contributed by atoms with Crippen molar-refractivity contribution in [2.24, 2.45) is 0 Å². The van der Waals surface area contributed by atoms with Gasteiger partial charge < -0.3 is 14.8 Å². The predicted octanol–water partition coefficient (Wildman–Crippen LogP) is 1.84. The Morgan fingerprint density at radius 1 is 1.35 bits per heavy atom. The summed E-state index contributed by atoms with van der Waals surface area (Å²) in [6.45, 7) is 7.00. The summed E-state index contributed by atoms with van der Waals surface area (Å²) in [5.41, 5.74) is 3.91. The summed E-state index contributed by atoms with van der Waals surface area (Å²) in [5, 5.41) is 3.36. The van der Waals surface area contributed by atoms with Gasteiger partial charge in [0.05, 0.1) is 19.8 Å². The summed E-state index contributed by atoms with van der Waals surface area (Å²) in [6, 6.07) is 4.20.